The Morgan fingerprint density at radius 1 is 1.15 bits per heavy atom. The van der Waals surface area contributed by atoms with Crippen LogP contribution in [0.2, 0.25) is 0 Å². The minimum Gasteiger partial charge on any atom is -0.490 e. The van der Waals surface area contributed by atoms with Gasteiger partial charge in [-0.3, -0.25) is 4.79 Å². The van der Waals surface area contributed by atoms with Crippen LogP contribution < -0.4 is 14.9 Å². The molecule has 0 bridgehead atoms. The summed E-state index contributed by atoms with van der Waals surface area (Å²) in [6, 6.07) is 9.75. The zero-order chi connectivity index (χ0) is 19.8. The summed E-state index contributed by atoms with van der Waals surface area (Å²) in [4.78, 5) is 12.1. The summed E-state index contributed by atoms with van der Waals surface area (Å²) in [6.07, 6.45) is 1.88. The van der Waals surface area contributed by atoms with Crippen LogP contribution in [0.1, 0.15) is 36.1 Å². The number of aryl methyl sites for hydroxylation is 2. The van der Waals surface area contributed by atoms with Crippen LogP contribution >= 0.6 is 15.9 Å². The Balaban J connectivity index is 2.05. The molecule has 0 atom stereocenters. The minimum absolute atomic E-state index is 0.159. The van der Waals surface area contributed by atoms with Crippen LogP contribution in [-0.2, 0) is 11.2 Å². The largest absolute Gasteiger partial charge is 0.490 e. The van der Waals surface area contributed by atoms with Gasteiger partial charge in [0.25, 0.3) is 0 Å². The highest BCUT2D eigenvalue weighted by molar-refractivity contribution is 9.10. The van der Waals surface area contributed by atoms with E-state index in [1.54, 1.807) is 6.21 Å². The molecule has 0 aliphatic carbocycles. The third-order valence-electron chi connectivity index (χ3n) is 3.87. The molecule has 1 amide bonds. The molecule has 6 heteroatoms. The predicted molar refractivity (Wildman–Crippen MR) is 112 cm³/mol. The molecule has 0 saturated carbocycles. The van der Waals surface area contributed by atoms with Crippen molar-refractivity contribution in [3.8, 4) is 11.5 Å². The number of benzene rings is 2. The Morgan fingerprint density at radius 2 is 1.89 bits per heavy atom. The number of carbonyl (C=O) groups is 1. The monoisotopic (exact) mass is 432 g/mol. The van der Waals surface area contributed by atoms with Crippen molar-refractivity contribution < 1.29 is 14.3 Å². The maximum absolute atomic E-state index is 12.1. The van der Waals surface area contributed by atoms with Gasteiger partial charge in [-0.25, -0.2) is 5.43 Å². The molecule has 0 fully saturated rings. The van der Waals surface area contributed by atoms with Crippen molar-refractivity contribution in [3.63, 3.8) is 0 Å². The molecular weight excluding hydrogens is 408 g/mol. The highest BCUT2D eigenvalue weighted by Crippen LogP contribution is 2.36. The lowest BCUT2D eigenvalue weighted by atomic mass is 10.0. The van der Waals surface area contributed by atoms with Crippen LogP contribution in [0.3, 0.4) is 0 Å². The Bertz CT molecular complexity index is 834. The number of hydrogen-bond acceptors (Lipinski definition) is 4. The normalized spacial score (nSPS) is 10.9. The quantitative estimate of drug-likeness (QED) is 0.491. The molecule has 0 radical (unpaired) electrons. The Kier molecular flexibility index (Phi) is 7.85. The Morgan fingerprint density at radius 3 is 2.56 bits per heavy atom. The number of nitrogens with zero attached hydrogens (tertiary/aromatic N) is 1. The lowest BCUT2D eigenvalue weighted by Gasteiger charge is -2.13. The van der Waals surface area contributed by atoms with Gasteiger partial charge in [-0.05, 0) is 72.4 Å². The molecule has 0 aromatic heterocycles. The Labute approximate surface area is 168 Å². The van der Waals surface area contributed by atoms with Gasteiger partial charge in [0.05, 0.1) is 30.3 Å². The highest BCUT2D eigenvalue weighted by atomic mass is 79.9. The number of hydrogen-bond donors (Lipinski definition) is 1. The molecule has 27 heavy (non-hydrogen) atoms. The molecule has 0 unspecified atom stereocenters. The summed E-state index contributed by atoms with van der Waals surface area (Å²) in [7, 11) is 0. The first-order chi connectivity index (χ1) is 12.9. The van der Waals surface area contributed by atoms with Crippen LogP contribution in [-0.4, -0.2) is 25.3 Å². The molecule has 0 aliphatic heterocycles. The highest BCUT2D eigenvalue weighted by Gasteiger charge is 2.11. The molecule has 0 aliphatic rings. The Hall–Kier alpha value is -2.34. The van der Waals surface area contributed by atoms with Crippen molar-refractivity contribution in [2.45, 2.75) is 34.1 Å². The van der Waals surface area contributed by atoms with Crippen LogP contribution in [0.4, 0.5) is 0 Å². The van der Waals surface area contributed by atoms with Gasteiger partial charge < -0.3 is 9.47 Å². The van der Waals surface area contributed by atoms with Gasteiger partial charge >= 0.3 is 0 Å². The van der Waals surface area contributed by atoms with Crippen LogP contribution in [0.25, 0.3) is 0 Å². The molecule has 5 nitrogen and oxygen atoms in total. The zero-order valence-electron chi connectivity index (χ0n) is 16.1. The fourth-order valence-electron chi connectivity index (χ4n) is 2.65. The predicted octanol–water partition coefficient (Wildman–Crippen LogP) is 4.56. The summed E-state index contributed by atoms with van der Waals surface area (Å²) in [5.41, 5.74) is 6.65. The number of rotatable bonds is 8. The van der Waals surface area contributed by atoms with Gasteiger partial charge in [-0.15, -0.1) is 0 Å². The number of carbonyl (C=O) groups excluding carboxylic acids is 1. The third kappa shape index (κ3) is 6.10. The van der Waals surface area contributed by atoms with E-state index < -0.39 is 0 Å². The summed E-state index contributed by atoms with van der Waals surface area (Å²) in [5.74, 6) is 1.14. The number of ether oxygens (including phenoxy) is 2. The van der Waals surface area contributed by atoms with E-state index in [1.165, 1.54) is 5.56 Å². The van der Waals surface area contributed by atoms with E-state index in [0.29, 0.717) is 31.1 Å². The first-order valence-corrected chi connectivity index (χ1v) is 9.71. The number of amides is 1. The fraction of sp³-hybridized carbons (Fsp3) is 0.333. The maximum Gasteiger partial charge on any atom is 0.244 e. The number of halogens is 1. The van der Waals surface area contributed by atoms with Crippen molar-refractivity contribution in [1.82, 2.24) is 5.43 Å². The molecular formula is C21H25BrN2O3. The molecule has 2 rings (SSSR count). The third-order valence-corrected chi connectivity index (χ3v) is 4.46. The van der Waals surface area contributed by atoms with Gasteiger partial charge in [-0.2, -0.15) is 5.10 Å². The molecule has 1 N–H and O–H groups in total. The van der Waals surface area contributed by atoms with E-state index in [1.807, 2.05) is 52.0 Å². The van der Waals surface area contributed by atoms with Crippen molar-refractivity contribution in [2.24, 2.45) is 5.10 Å². The molecule has 0 saturated heterocycles. The molecule has 144 valence electrons. The second-order valence-electron chi connectivity index (χ2n) is 6.10. The van der Waals surface area contributed by atoms with Gasteiger partial charge in [0, 0.05) is 0 Å². The van der Waals surface area contributed by atoms with E-state index in [-0.39, 0.29) is 5.91 Å². The maximum atomic E-state index is 12.1. The first kappa shape index (κ1) is 21.0. The lowest BCUT2D eigenvalue weighted by Crippen LogP contribution is -2.20. The van der Waals surface area contributed by atoms with Crippen molar-refractivity contribution in [1.29, 1.82) is 0 Å². The smallest absolute Gasteiger partial charge is 0.244 e. The van der Waals surface area contributed by atoms with Crippen molar-refractivity contribution in [3.05, 3.63) is 57.1 Å². The molecule has 0 spiro atoms. The average Bonchev–Trinajstić information content (AvgIpc) is 2.61. The van der Waals surface area contributed by atoms with Crippen LogP contribution in [0.15, 0.2) is 39.9 Å². The average molecular weight is 433 g/mol. The van der Waals surface area contributed by atoms with Crippen molar-refractivity contribution >= 4 is 28.1 Å². The lowest BCUT2D eigenvalue weighted by molar-refractivity contribution is -0.120. The van der Waals surface area contributed by atoms with E-state index in [2.05, 4.69) is 32.5 Å². The van der Waals surface area contributed by atoms with Gasteiger partial charge in [-0.1, -0.05) is 23.8 Å². The summed E-state index contributed by atoms with van der Waals surface area (Å²) in [5, 5.41) is 4.06. The van der Waals surface area contributed by atoms with Gasteiger partial charge in [0.2, 0.25) is 5.91 Å². The minimum atomic E-state index is -0.159. The van der Waals surface area contributed by atoms with Crippen LogP contribution in [0, 0.1) is 13.8 Å². The summed E-state index contributed by atoms with van der Waals surface area (Å²) >= 11 is 3.49. The molecule has 0 heterocycles. The summed E-state index contributed by atoms with van der Waals surface area (Å²) < 4.78 is 12.0. The molecule has 2 aromatic carbocycles. The summed E-state index contributed by atoms with van der Waals surface area (Å²) in [6.45, 7) is 8.94. The SMILES string of the molecule is CCOc1cc(/C=N\NC(=O)Cc2ccc(C)cc2C)cc(Br)c1OCC. The fourth-order valence-corrected chi connectivity index (χ4v) is 3.22. The first-order valence-electron chi connectivity index (χ1n) is 8.91. The van der Waals surface area contributed by atoms with E-state index in [0.717, 1.165) is 21.2 Å². The van der Waals surface area contributed by atoms with Crippen LogP contribution in [0.5, 0.6) is 11.5 Å². The molecule has 2 aromatic rings. The number of hydrazone groups is 1. The zero-order valence-corrected chi connectivity index (χ0v) is 17.7. The second kappa shape index (κ2) is 10.1. The van der Waals surface area contributed by atoms with E-state index in [4.69, 9.17) is 9.47 Å². The van der Waals surface area contributed by atoms with Gasteiger partial charge in [0.1, 0.15) is 0 Å². The van der Waals surface area contributed by atoms with Crippen molar-refractivity contribution in [2.75, 3.05) is 13.2 Å². The second-order valence-corrected chi connectivity index (χ2v) is 6.95. The van der Waals surface area contributed by atoms with E-state index >= 15 is 0 Å². The standard InChI is InChI=1S/C21H25BrN2O3/c1-5-26-19-11-16(10-18(22)21(19)27-6-2)13-23-24-20(25)12-17-8-7-14(3)9-15(17)4/h7-11,13H,5-6,12H2,1-4H3,(H,24,25)/b23-13-. The number of nitrogens with one attached hydrogen (secondary N) is 1. The van der Waals surface area contributed by atoms with Gasteiger partial charge in [0.15, 0.2) is 11.5 Å². The topological polar surface area (TPSA) is 59.9 Å². The van der Waals surface area contributed by atoms with E-state index in [9.17, 15) is 4.79 Å².